The van der Waals surface area contributed by atoms with Crippen molar-refractivity contribution in [2.24, 2.45) is 0 Å². The number of β-amino-alcohol motifs (C(OH)–C–C–N with tert-alkyl or cyclic N) is 1. The molecule has 5 unspecified atom stereocenters. The molecule has 0 saturated carbocycles. The molecule has 6 N–H and O–H groups in total. The van der Waals surface area contributed by atoms with Gasteiger partial charge in [0.05, 0.1) is 20.3 Å². The van der Waals surface area contributed by atoms with Crippen LogP contribution in [0, 0.1) is 0 Å². The van der Waals surface area contributed by atoms with E-state index in [1.165, 1.54) is 19.8 Å². The largest absolute Gasteiger partial charge is 0.497 e. The minimum atomic E-state index is -0.546. The number of hydrogen-bond acceptors (Lipinski definition) is 18. The van der Waals surface area contributed by atoms with Gasteiger partial charge in [0, 0.05) is 154 Å². The lowest BCUT2D eigenvalue weighted by Gasteiger charge is -2.35. The van der Waals surface area contributed by atoms with E-state index in [1.807, 2.05) is 146 Å². The Morgan fingerprint density at radius 1 is 0.356 bits per heavy atom. The maximum atomic E-state index is 13.5. The average Bonchev–Trinajstić information content (AvgIpc) is 1.60. The van der Waals surface area contributed by atoms with E-state index in [-0.39, 0.29) is 19.3 Å². The maximum absolute atomic E-state index is 13.5. The zero-order valence-corrected chi connectivity index (χ0v) is 85.0. The molecule has 0 bridgehead atoms. The molecule has 750 valence electrons. The number of carbonyl (C=O) groups is 6. The predicted octanol–water partition coefficient (Wildman–Crippen LogP) is 26.2. The number of aliphatic hydroxyl groups is 1. The molecule has 5 aliphatic rings. The molecule has 0 spiro atoms. The zero-order chi connectivity index (χ0) is 102. The van der Waals surface area contributed by atoms with Crippen LogP contribution in [0.5, 0.6) is 46.0 Å². The van der Waals surface area contributed by atoms with E-state index in [1.54, 1.807) is 162 Å². The summed E-state index contributed by atoms with van der Waals surface area (Å²) < 4.78 is 54.9. The first kappa shape index (κ1) is 102. The molecule has 1 fully saturated rings. The standard InChI is InChI=1S/C31H31Cl2N3O4.C28H27ClN2O5.C27H23Cl2N3O4.C26H20Cl2N2O4/c32-21-5-10-25(11-6-21)40-31(38)36-16-13-26-27-17-22(33)7-12-28(27)34-29(26)30(36)20-3-8-24(9-4-20)39-19-23(37)18-35-14-1-2-15-35;1-33-15-16-35-21-6-3-18(4-7-21)27-26-23(24-17-19(29)5-12-25(24)30-26)13-14-31(27)28(32)36-22-10-8-20(34-2)9-11-22;1-2-35-26(33)30-19-8-3-16(4-9-19)25-24-21(22-15-18(29)7-12-23(22)31-24)13-14-32(25)27(34)36-20-10-5-17(28)6-11-20;1-15(31)33-19-7-2-16(3-8-19)25-24-21(22-14-18(28)6-11-23(22)29-24)12-13-30(25)26(32)34-20-9-4-17(27)5-10-20/h3-12,17,23,30,34,37H,1-2,13-16,18-19H2;3-12,17,27,30H,13-16H2,1-2H3;3-12,15,25,31H,2,13-14H2,1H3,(H,30,33);2-11,14,25,29H,12-13H2,1H3. The van der Waals surface area contributed by atoms with Gasteiger partial charge in [-0.3, -0.25) is 29.7 Å². The van der Waals surface area contributed by atoms with E-state index in [4.69, 9.17) is 129 Å². The number of aliphatic hydroxyl groups excluding tert-OH is 1. The van der Waals surface area contributed by atoms with Gasteiger partial charge in [0.15, 0.2) is 0 Å². The molecule has 21 rings (SSSR count). The number of ether oxygens (including phenoxy) is 10. The van der Waals surface area contributed by atoms with Crippen molar-refractivity contribution in [3.05, 3.63) is 369 Å². The van der Waals surface area contributed by atoms with Gasteiger partial charge < -0.3 is 77.3 Å². The Hall–Kier alpha value is -14.1. The van der Waals surface area contributed by atoms with Crippen LogP contribution in [0.1, 0.15) is 118 Å². The third kappa shape index (κ3) is 24.0. The van der Waals surface area contributed by atoms with Crippen molar-refractivity contribution in [2.75, 3.05) is 91.8 Å². The normalized spacial score (nSPS) is 15.8. The Morgan fingerprint density at radius 3 is 0.959 bits per heavy atom. The minimum Gasteiger partial charge on any atom is -0.497 e. The first-order valence-corrected chi connectivity index (χ1v) is 50.2. The van der Waals surface area contributed by atoms with Gasteiger partial charge >= 0.3 is 36.4 Å². The van der Waals surface area contributed by atoms with Gasteiger partial charge in [-0.25, -0.2) is 24.0 Å². The van der Waals surface area contributed by atoms with Crippen molar-refractivity contribution < 1.29 is 81.2 Å². The second kappa shape index (κ2) is 46.5. The maximum Gasteiger partial charge on any atom is 0.416 e. The number of likely N-dealkylation sites (tertiary alicyclic amines) is 1. The molecule has 5 aliphatic heterocycles. The number of aromatic amines is 4. The molecule has 16 aromatic rings. The lowest BCUT2D eigenvalue weighted by atomic mass is 9.92. The van der Waals surface area contributed by atoms with Gasteiger partial charge in [0.1, 0.15) is 89.5 Å². The number of aromatic nitrogens is 4. The zero-order valence-electron chi connectivity index (χ0n) is 79.7. The molecule has 12 aromatic carbocycles. The first-order valence-electron chi connectivity index (χ1n) is 47.5. The van der Waals surface area contributed by atoms with E-state index in [2.05, 4.69) is 30.2 Å². The summed E-state index contributed by atoms with van der Waals surface area (Å²) in [7, 11) is 3.23. The van der Waals surface area contributed by atoms with E-state index in [0.717, 1.165) is 130 Å². The van der Waals surface area contributed by atoms with Crippen molar-refractivity contribution >= 4 is 167 Å². The van der Waals surface area contributed by atoms with Gasteiger partial charge in [0.2, 0.25) is 0 Å². The van der Waals surface area contributed by atoms with Crippen LogP contribution in [0.25, 0.3) is 43.6 Å². The summed E-state index contributed by atoms with van der Waals surface area (Å²) in [6.45, 7) is 9.15. The van der Waals surface area contributed by atoms with Crippen LogP contribution in [0.4, 0.5) is 29.7 Å². The number of H-pyrrole nitrogens is 4. The molecule has 5 atom stereocenters. The number of carbonyl (C=O) groups excluding carboxylic acids is 6. The monoisotopic (exact) mass is 2100 g/mol. The van der Waals surface area contributed by atoms with Crippen LogP contribution in [-0.4, -0.2) is 179 Å². The third-order valence-electron chi connectivity index (χ3n) is 25.9. The Labute approximate surface area is 876 Å². The number of fused-ring (bicyclic) bond motifs is 12. The Kier molecular flexibility index (Phi) is 32.5. The van der Waals surface area contributed by atoms with Crippen LogP contribution in [0.15, 0.2) is 267 Å². The molecular formula is C112H101Cl7N10O17. The van der Waals surface area contributed by atoms with Crippen molar-refractivity contribution in [1.29, 1.82) is 0 Å². The van der Waals surface area contributed by atoms with Gasteiger partial charge in [-0.2, -0.15) is 0 Å². The van der Waals surface area contributed by atoms with E-state index < -0.39 is 60.7 Å². The minimum absolute atomic E-state index is 0.228. The van der Waals surface area contributed by atoms with Crippen molar-refractivity contribution in [3.63, 3.8) is 0 Å². The molecule has 0 radical (unpaired) electrons. The summed E-state index contributed by atoms with van der Waals surface area (Å²) in [4.78, 5) is 99.9. The summed E-state index contributed by atoms with van der Waals surface area (Å²) in [5, 5.41) is 21.7. The summed E-state index contributed by atoms with van der Waals surface area (Å²) in [5.41, 5.74) is 16.2. The van der Waals surface area contributed by atoms with Crippen molar-refractivity contribution in [2.45, 2.75) is 82.6 Å². The molecule has 1 saturated heterocycles. The number of esters is 1. The number of amides is 5. The van der Waals surface area contributed by atoms with E-state index in [0.29, 0.717) is 153 Å². The van der Waals surface area contributed by atoms with Crippen LogP contribution < -0.4 is 43.2 Å². The second-order valence-electron chi connectivity index (χ2n) is 35.3. The average molecular weight is 2110 g/mol. The van der Waals surface area contributed by atoms with Gasteiger partial charge in [0.25, 0.3) is 0 Å². The van der Waals surface area contributed by atoms with Gasteiger partial charge in [-0.1, -0.05) is 130 Å². The Balaban J connectivity index is 0.000000128. The molecule has 27 nitrogen and oxygen atoms in total. The Bertz CT molecular complexity index is 7380. The SMILES string of the molecule is CC(=O)Oc1ccc(C2c3[nH]c4ccc(Cl)cc4c3CCN2C(=O)Oc2ccc(Cl)cc2)cc1.CCOC(=O)Nc1ccc(C2c3[nH]c4ccc(Cl)cc4c3CCN2C(=O)Oc2ccc(Cl)cc2)cc1.COCCOc1ccc(C2c3[nH]c4ccc(Cl)cc4c3CCN2C(=O)Oc2ccc(OC)cc2)cc1.O=C(Oc1ccc(Cl)cc1)N1CCc2c([nH]c3ccc(Cl)cc23)C1c1ccc(OCC(O)CN2CCCC2)cc1. The summed E-state index contributed by atoms with van der Waals surface area (Å²) >= 11 is 43.1. The van der Waals surface area contributed by atoms with Crippen molar-refractivity contribution in [3.8, 4) is 46.0 Å². The molecule has 4 aromatic heterocycles. The highest BCUT2D eigenvalue weighted by atomic mass is 35.5. The molecular weight excluding hydrogens is 2010 g/mol. The quantitative estimate of drug-likeness (QED) is 0.0221. The topological polar surface area (TPSA) is 306 Å². The fourth-order valence-corrected chi connectivity index (χ4v) is 20.2. The number of hydrogen-bond donors (Lipinski definition) is 6. The number of methoxy groups -OCH3 is 2. The number of nitrogens with one attached hydrogen (secondary N) is 5. The number of halogens is 7. The predicted molar refractivity (Wildman–Crippen MR) is 566 cm³/mol. The van der Waals surface area contributed by atoms with Gasteiger partial charge in [-0.15, -0.1) is 0 Å². The molecule has 34 heteroatoms. The lowest BCUT2D eigenvalue weighted by Crippen LogP contribution is -2.42. The van der Waals surface area contributed by atoms with E-state index in [9.17, 15) is 33.9 Å². The fraction of sp³-hybridized carbons (Fsp3) is 0.232. The fourth-order valence-electron chi connectivity index (χ4n) is 19.2. The second-order valence-corrected chi connectivity index (χ2v) is 38.4. The highest BCUT2D eigenvalue weighted by Crippen LogP contribution is 2.47. The van der Waals surface area contributed by atoms with Crippen LogP contribution in [0.2, 0.25) is 35.2 Å². The number of nitrogens with zero attached hydrogens (tertiary/aromatic N) is 5. The van der Waals surface area contributed by atoms with E-state index >= 15 is 0 Å². The summed E-state index contributed by atoms with van der Waals surface area (Å²) in [5.74, 6) is 3.84. The number of anilines is 1. The number of rotatable bonds is 21. The molecule has 9 heterocycles. The van der Waals surface area contributed by atoms with Crippen LogP contribution in [0.3, 0.4) is 0 Å². The van der Waals surface area contributed by atoms with Gasteiger partial charge in [-0.05, 0) is 321 Å². The molecule has 5 amide bonds. The smallest absolute Gasteiger partial charge is 0.416 e. The first-order chi connectivity index (χ1) is 70.8. The summed E-state index contributed by atoms with van der Waals surface area (Å²) in [6.07, 6.45) is 2.13. The highest BCUT2D eigenvalue weighted by Gasteiger charge is 2.42. The third-order valence-corrected chi connectivity index (χ3v) is 27.6. The van der Waals surface area contributed by atoms with Crippen LogP contribution in [-0.2, 0) is 40.0 Å². The number of benzene rings is 12. The molecule has 0 aliphatic carbocycles. The van der Waals surface area contributed by atoms with Crippen LogP contribution >= 0.6 is 81.2 Å². The molecule has 146 heavy (non-hydrogen) atoms. The Morgan fingerprint density at radius 2 is 0.644 bits per heavy atom. The summed E-state index contributed by atoms with van der Waals surface area (Å²) in [6, 6.07) is 78.3. The van der Waals surface area contributed by atoms with Crippen molar-refractivity contribution in [1.82, 2.24) is 44.4 Å². The highest BCUT2D eigenvalue weighted by molar-refractivity contribution is 6.33. The lowest BCUT2D eigenvalue weighted by molar-refractivity contribution is -0.131.